The van der Waals surface area contributed by atoms with Crippen molar-refractivity contribution >= 4 is 23.6 Å². The van der Waals surface area contributed by atoms with E-state index >= 15 is 0 Å². The van der Waals surface area contributed by atoms with Gasteiger partial charge in [0.25, 0.3) is 5.91 Å². The third kappa shape index (κ3) is 7.61. The maximum absolute atomic E-state index is 12.5. The summed E-state index contributed by atoms with van der Waals surface area (Å²) in [6, 6.07) is 15.7. The van der Waals surface area contributed by atoms with Crippen LogP contribution < -0.4 is 0 Å². The fraction of sp³-hybridized carbons (Fsp3) is 0.333. The van der Waals surface area contributed by atoms with Crippen molar-refractivity contribution in [2.24, 2.45) is 5.92 Å². The van der Waals surface area contributed by atoms with Crippen LogP contribution in [0.4, 0.5) is 0 Å². The molecule has 2 aromatic carbocycles. The Balaban J connectivity index is 0.000000371. The molecule has 0 spiro atoms. The second-order valence-corrected chi connectivity index (χ2v) is 8.86. The number of aryl methyl sites for hydroxylation is 1. The van der Waals surface area contributed by atoms with Gasteiger partial charge in [-0.3, -0.25) is 14.5 Å². The van der Waals surface area contributed by atoms with Gasteiger partial charge < -0.3 is 15.1 Å². The number of ketones is 1. The number of likely N-dealkylation sites (tertiary alicyclic amines) is 1. The Kier molecular flexibility index (Phi) is 8.92. The summed E-state index contributed by atoms with van der Waals surface area (Å²) in [5.74, 6) is -1.63. The lowest BCUT2D eigenvalue weighted by atomic mass is 9.95. The molecule has 0 aromatic heterocycles. The molecule has 184 valence electrons. The van der Waals surface area contributed by atoms with Crippen LogP contribution in [0, 0.1) is 12.8 Å². The fourth-order valence-electron chi connectivity index (χ4n) is 4.36. The molecule has 0 unspecified atom stereocenters. The van der Waals surface area contributed by atoms with Gasteiger partial charge in [0, 0.05) is 36.4 Å². The standard InChI is InChI=1S/C23H26N2O2.C4H4O4/c1-17-5-4-7-19(13-17)22(26)16-24-11-9-18(10-12-24)14-25-15-20-6-2-3-8-21(20)23(25)27;5-3(6)1-2-4(7)8/h2-8,13,18H,9-12,14-16H2,1H3;1-2H,(H,5,6)(H,7,8)/b;2-1+. The minimum Gasteiger partial charge on any atom is -0.478 e. The predicted molar refractivity (Wildman–Crippen MR) is 130 cm³/mol. The molecule has 2 heterocycles. The van der Waals surface area contributed by atoms with Crippen molar-refractivity contribution in [3.05, 3.63) is 82.9 Å². The van der Waals surface area contributed by atoms with E-state index in [1.165, 1.54) is 0 Å². The zero-order valence-electron chi connectivity index (χ0n) is 19.7. The third-order valence-electron chi connectivity index (χ3n) is 6.16. The number of carbonyl (C=O) groups is 4. The number of fused-ring (bicyclic) bond motifs is 1. The molecule has 2 N–H and O–H groups in total. The zero-order valence-corrected chi connectivity index (χ0v) is 19.7. The molecule has 4 rings (SSSR count). The monoisotopic (exact) mass is 478 g/mol. The first-order valence-electron chi connectivity index (χ1n) is 11.6. The maximum atomic E-state index is 12.5. The maximum Gasteiger partial charge on any atom is 0.328 e. The van der Waals surface area contributed by atoms with Gasteiger partial charge in [-0.2, -0.15) is 0 Å². The molecule has 1 amide bonds. The number of Topliss-reactive ketones (excluding diaryl/α,β-unsaturated/α-hetero) is 1. The quantitative estimate of drug-likeness (QED) is 0.464. The molecule has 0 atom stereocenters. The third-order valence-corrected chi connectivity index (χ3v) is 6.16. The van der Waals surface area contributed by atoms with E-state index in [2.05, 4.69) is 4.90 Å². The van der Waals surface area contributed by atoms with Crippen LogP contribution in [0.1, 0.15) is 44.7 Å². The van der Waals surface area contributed by atoms with Crippen LogP contribution in [0.2, 0.25) is 0 Å². The molecular weight excluding hydrogens is 448 g/mol. The fourth-order valence-corrected chi connectivity index (χ4v) is 4.36. The van der Waals surface area contributed by atoms with E-state index in [-0.39, 0.29) is 11.7 Å². The van der Waals surface area contributed by atoms with Crippen LogP contribution in [0.3, 0.4) is 0 Å². The van der Waals surface area contributed by atoms with Gasteiger partial charge in [0.05, 0.1) is 6.54 Å². The molecule has 2 aliphatic rings. The SMILES string of the molecule is Cc1cccc(C(=O)CN2CCC(CN3Cc4ccccc4C3=O)CC2)c1.O=C(O)/C=C/C(=O)O. The molecule has 2 aliphatic heterocycles. The number of nitrogens with zero attached hydrogens (tertiary/aromatic N) is 2. The first-order valence-corrected chi connectivity index (χ1v) is 11.6. The van der Waals surface area contributed by atoms with E-state index in [4.69, 9.17) is 10.2 Å². The van der Waals surface area contributed by atoms with E-state index in [0.29, 0.717) is 24.6 Å². The van der Waals surface area contributed by atoms with Crippen molar-refractivity contribution in [3.63, 3.8) is 0 Å². The van der Waals surface area contributed by atoms with Crippen LogP contribution >= 0.6 is 0 Å². The highest BCUT2D eigenvalue weighted by Gasteiger charge is 2.30. The largest absolute Gasteiger partial charge is 0.478 e. The number of carbonyl (C=O) groups excluding carboxylic acids is 2. The summed E-state index contributed by atoms with van der Waals surface area (Å²) in [6.45, 7) is 5.92. The first kappa shape index (κ1) is 25.8. The number of benzene rings is 2. The van der Waals surface area contributed by atoms with E-state index in [9.17, 15) is 19.2 Å². The van der Waals surface area contributed by atoms with Crippen molar-refractivity contribution in [2.45, 2.75) is 26.3 Å². The van der Waals surface area contributed by atoms with Gasteiger partial charge in [0.1, 0.15) is 0 Å². The second-order valence-electron chi connectivity index (χ2n) is 8.86. The van der Waals surface area contributed by atoms with E-state index in [0.717, 1.165) is 61.3 Å². The number of rotatable bonds is 7. The normalized spacial score (nSPS) is 16.0. The van der Waals surface area contributed by atoms with Gasteiger partial charge in [-0.1, -0.05) is 42.0 Å². The van der Waals surface area contributed by atoms with Crippen LogP contribution in [0.15, 0.2) is 60.7 Å². The molecule has 8 nitrogen and oxygen atoms in total. The summed E-state index contributed by atoms with van der Waals surface area (Å²) in [6.07, 6.45) is 3.20. The molecule has 0 radical (unpaired) electrons. The summed E-state index contributed by atoms with van der Waals surface area (Å²) >= 11 is 0. The highest BCUT2D eigenvalue weighted by atomic mass is 16.4. The van der Waals surface area contributed by atoms with Crippen LogP contribution in [-0.2, 0) is 16.1 Å². The Hall–Kier alpha value is -3.78. The molecule has 0 saturated carbocycles. The highest BCUT2D eigenvalue weighted by Crippen LogP contribution is 2.26. The molecule has 0 bridgehead atoms. The molecule has 1 fully saturated rings. The average Bonchev–Trinajstić information content (AvgIpc) is 3.14. The van der Waals surface area contributed by atoms with Gasteiger partial charge in [0.15, 0.2) is 5.78 Å². The number of amides is 1. The Morgan fingerprint density at radius 1 is 0.971 bits per heavy atom. The van der Waals surface area contributed by atoms with Crippen molar-refractivity contribution < 1.29 is 29.4 Å². The predicted octanol–water partition coefficient (Wildman–Crippen LogP) is 3.26. The average molecular weight is 479 g/mol. The lowest BCUT2D eigenvalue weighted by Crippen LogP contribution is -2.41. The second kappa shape index (κ2) is 12.1. The van der Waals surface area contributed by atoms with Gasteiger partial charge in [-0.25, -0.2) is 9.59 Å². The molecule has 2 aromatic rings. The minimum absolute atomic E-state index is 0.169. The Morgan fingerprint density at radius 3 is 2.23 bits per heavy atom. The minimum atomic E-state index is -1.26. The van der Waals surface area contributed by atoms with E-state index < -0.39 is 11.9 Å². The summed E-state index contributed by atoms with van der Waals surface area (Å²) in [5.41, 5.74) is 3.93. The topological polar surface area (TPSA) is 115 Å². The van der Waals surface area contributed by atoms with Crippen LogP contribution in [0.25, 0.3) is 0 Å². The smallest absolute Gasteiger partial charge is 0.328 e. The number of hydrogen-bond acceptors (Lipinski definition) is 5. The number of hydrogen-bond donors (Lipinski definition) is 2. The van der Waals surface area contributed by atoms with Crippen LogP contribution in [-0.4, -0.2) is 69.8 Å². The van der Waals surface area contributed by atoms with Gasteiger partial charge in [-0.05, 0) is 56.5 Å². The van der Waals surface area contributed by atoms with Crippen LogP contribution in [0.5, 0.6) is 0 Å². The number of carboxylic acids is 2. The molecule has 35 heavy (non-hydrogen) atoms. The first-order chi connectivity index (χ1) is 16.7. The number of carboxylic acid groups (broad SMARTS) is 2. The summed E-state index contributed by atoms with van der Waals surface area (Å²) in [4.78, 5) is 48.4. The lowest BCUT2D eigenvalue weighted by Gasteiger charge is -2.33. The van der Waals surface area contributed by atoms with Crippen molar-refractivity contribution in [1.29, 1.82) is 0 Å². The Bertz CT molecular complexity index is 1100. The molecule has 1 saturated heterocycles. The molecule has 0 aliphatic carbocycles. The van der Waals surface area contributed by atoms with Gasteiger partial charge in [-0.15, -0.1) is 0 Å². The highest BCUT2D eigenvalue weighted by molar-refractivity contribution is 5.98. The summed E-state index contributed by atoms with van der Waals surface area (Å²) < 4.78 is 0. The van der Waals surface area contributed by atoms with Crippen molar-refractivity contribution in [2.75, 3.05) is 26.2 Å². The Labute approximate surface area is 204 Å². The van der Waals surface area contributed by atoms with Gasteiger partial charge in [0.2, 0.25) is 0 Å². The summed E-state index contributed by atoms with van der Waals surface area (Å²) in [5, 5.41) is 15.6. The number of aliphatic carboxylic acids is 2. The van der Waals surface area contributed by atoms with Gasteiger partial charge >= 0.3 is 11.9 Å². The van der Waals surface area contributed by atoms with Crippen molar-refractivity contribution in [1.82, 2.24) is 9.80 Å². The Morgan fingerprint density at radius 2 is 1.63 bits per heavy atom. The molecule has 8 heteroatoms. The lowest BCUT2D eigenvalue weighted by molar-refractivity contribution is -0.134. The van der Waals surface area contributed by atoms with E-state index in [1.807, 2.05) is 60.4 Å². The van der Waals surface area contributed by atoms with E-state index in [1.54, 1.807) is 0 Å². The molecular formula is C27H30N2O6. The summed E-state index contributed by atoms with van der Waals surface area (Å²) in [7, 11) is 0. The number of piperidine rings is 1. The zero-order chi connectivity index (χ0) is 25.4. The van der Waals surface area contributed by atoms with Crippen molar-refractivity contribution in [3.8, 4) is 0 Å².